The molecule has 50 valence electrons. The number of nitrogens with two attached hydrogens (primary N) is 1. The van der Waals surface area contributed by atoms with Gasteiger partial charge >= 0.3 is 0 Å². The predicted molar refractivity (Wildman–Crippen MR) is 31.4 cm³/mol. The van der Waals surface area contributed by atoms with Gasteiger partial charge in [-0.05, 0) is 6.42 Å². The number of rotatable bonds is 3. The van der Waals surface area contributed by atoms with Crippen molar-refractivity contribution in [1.82, 2.24) is 0 Å². The first-order chi connectivity index (χ1) is 3.72. The molecule has 0 fully saturated rings. The molecule has 0 saturated heterocycles. The van der Waals surface area contributed by atoms with Crippen molar-refractivity contribution in [3.63, 3.8) is 0 Å². The first-order valence-corrected chi connectivity index (χ1v) is 2.76. The van der Waals surface area contributed by atoms with Gasteiger partial charge in [-0.15, -0.1) is 0 Å². The minimum Gasteiger partial charge on any atom is -0.395 e. The molecule has 0 aliphatic heterocycles. The summed E-state index contributed by atoms with van der Waals surface area (Å²) in [5.41, 5.74) is 5.23. The Morgan fingerprint density at radius 3 is 2.25 bits per heavy atom. The quantitative estimate of drug-likeness (QED) is 0.450. The summed E-state index contributed by atoms with van der Waals surface area (Å²) in [5, 5.41) is 17.2. The summed E-state index contributed by atoms with van der Waals surface area (Å²) in [6, 6.07) is -0.472. The summed E-state index contributed by atoms with van der Waals surface area (Å²) in [4.78, 5) is 0. The third-order valence-electron chi connectivity index (χ3n) is 1.12. The lowest BCUT2D eigenvalue weighted by Gasteiger charge is -2.12. The van der Waals surface area contributed by atoms with E-state index in [0.29, 0.717) is 6.42 Å². The van der Waals surface area contributed by atoms with Crippen LogP contribution in [0, 0.1) is 0 Å². The van der Waals surface area contributed by atoms with Crippen molar-refractivity contribution in [2.45, 2.75) is 25.5 Å². The van der Waals surface area contributed by atoms with Crippen molar-refractivity contribution in [2.24, 2.45) is 5.73 Å². The Balaban J connectivity index is 3.29. The zero-order chi connectivity index (χ0) is 6.57. The molecule has 0 spiro atoms. The molecule has 0 aromatic rings. The summed E-state index contributed by atoms with van der Waals surface area (Å²) in [6.45, 7) is 1.68. The molecule has 2 atom stereocenters. The Morgan fingerprint density at radius 2 is 2.12 bits per heavy atom. The average Bonchev–Trinajstić information content (AvgIpc) is 1.84. The summed E-state index contributed by atoms with van der Waals surface area (Å²) >= 11 is 0. The molecule has 0 aliphatic carbocycles. The van der Waals surface area contributed by atoms with E-state index in [1.807, 2.05) is 6.92 Å². The summed E-state index contributed by atoms with van der Waals surface area (Å²) in [6.07, 6.45) is 0.0434. The standard InChI is InChI=1S/C5H13NO2/c1-2-5(8)4(6)3-7/h4-5,7-8H,2-3,6H2,1H3/t4-,5?/m0/s1. The zero-order valence-corrected chi connectivity index (χ0v) is 5.04. The predicted octanol–water partition coefficient (Wildman–Crippen LogP) is -0.923. The highest BCUT2D eigenvalue weighted by Gasteiger charge is 2.09. The van der Waals surface area contributed by atoms with Crippen LogP contribution in [0.15, 0.2) is 0 Å². The van der Waals surface area contributed by atoms with Crippen LogP contribution in [0.5, 0.6) is 0 Å². The van der Waals surface area contributed by atoms with Gasteiger partial charge in [0.25, 0.3) is 0 Å². The monoisotopic (exact) mass is 119 g/mol. The molecular formula is C5H13NO2. The third kappa shape index (κ3) is 2.26. The van der Waals surface area contributed by atoms with Gasteiger partial charge in [0.1, 0.15) is 0 Å². The van der Waals surface area contributed by atoms with E-state index in [4.69, 9.17) is 15.9 Å². The van der Waals surface area contributed by atoms with E-state index < -0.39 is 12.1 Å². The SMILES string of the molecule is CCC(O)[C@@H](N)CO. The van der Waals surface area contributed by atoms with Gasteiger partial charge in [0, 0.05) is 0 Å². The van der Waals surface area contributed by atoms with Crippen molar-refractivity contribution >= 4 is 0 Å². The van der Waals surface area contributed by atoms with E-state index in [-0.39, 0.29) is 6.61 Å². The van der Waals surface area contributed by atoms with E-state index >= 15 is 0 Å². The van der Waals surface area contributed by atoms with Gasteiger partial charge in [0.15, 0.2) is 0 Å². The van der Waals surface area contributed by atoms with E-state index in [0.717, 1.165) is 0 Å². The van der Waals surface area contributed by atoms with E-state index in [9.17, 15) is 0 Å². The number of hydrogen-bond acceptors (Lipinski definition) is 3. The van der Waals surface area contributed by atoms with Crippen LogP contribution in [0.3, 0.4) is 0 Å². The normalized spacial score (nSPS) is 18.0. The molecule has 0 aliphatic rings. The van der Waals surface area contributed by atoms with E-state index in [1.54, 1.807) is 0 Å². The Labute approximate surface area is 49.1 Å². The molecule has 0 rings (SSSR count). The molecule has 0 aromatic heterocycles. The first-order valence-electron chi connectivity index (χ1n) is 2.76. The van der Waals surface area contributed by atoms with Crippen LogP contribution in [0.1, 0.15) is 13.3 Å². The highest BCUT2D eigenvalue weighted by atomic mass is 16.3. The van der Waals surface area contributed by atoms with Gasteiger partial charge in [0.05, 0.1) is 18.8 Å². The Morgan fingerprint density at radius 1 is 1.62 bits per heavy atom. The maximum absolute atomic E-state index is 8.84. The van der Waals surface area contributed by atoms with Crippen molar-refractivity contribution < 1.29 is 10.2 Å². The number of aliphatic hydroxyl groups is 2. The lowest BCUT2D eigenvalue weighted by molar-refractivity contribution is 0.106. The second-order valence-electron chi connectivity index (χ2n) is 1.82. The van der Waals surface area contributed by atoms with Crippen LogP contribution < -0.4 is 5.73 Å². The van der Waals surface area contributed by atoms with Gasteiger partial charge in [-0.25, -0.2) is 0 Å². The maximum Gasteiger partial charge on any atom is 0.0710 e. The molecule has 4 N–H and O–H groups in total. The summed E-state index contributed by atoms with van der Waals surface area (Å²) < 4.78 is 0. The molecule has 0 bridgehead atoms. The van der Waals surface area contributed by atoms with Gasteiger partial charge in [-0.1, -0.05) is 6.92 Å². The summed E-state index contributed by atoms with van der Waals surface area (Å²) in [7, 11) is 0. The lowest BCUT2D eigenvalue weighted by Crippen LogP contribution is -2.37. The fourth-order valence-electron chi connectivity index (χ4n) is 0.424. The molecule has 3 nitrogen and oxygen atoms in total. The van der Waals surface area contributed by atoms with Crippen LogP contribution in [-0.2, 0) is 0 Å². The Kier molecular flexibility index (Phi) is 3.77. The number of hydrogen-bond donors (Lipinski definition) is 3. The van der Waals surface area contributed by atoms with Crippen LogP contribution in [0.4, 0.5) is 0 Å². The van der Waals surface area contributed by atoms with Crippen molar-refractivity contribution in [3.8, 4) is 0 Å². The topological polar surface area (TPSA) is 66.5 Å². The minimum atomic E-state index is -0.556. The number of aliphatic hydroxyl groups excluding tert-OH is 2. The van der Waals surface area contributed by atoms with E-state index in [2.05, 4.69) is 0 Å². The maximum atomic E-state index is 8.84. The summed E-state index contributed by atoms with van der Waals surface area (Å²) in [5.74, 6) is 0. The van der Waals surface area contributed by atoms with Gasteiger partial charge in [-0.2, -0.15) is 0 Å². The molecule has 0 saturated carbocycles. The highest BCUT2D eigenvalue weighted by molar-refractivity contribution is 4.67. The van der Waals surface area contributed by atoms with Crippen molar-refractivity contribution in [3.05, 3.63) is 0 Å². The highest BCUT2D eigenvalue weighted by Crippen LogP contribution is 1.92. The fraction of sp³-hybridized carbons (Fsp3) is 1.00. The average molecular weight is 119 g/mol. The fourth-order valence-corrected chi connectivity index (χ4v) is 0.424. The van der Waals surface area contributed by atoms with Gasteiger partial charge in [0.2, 0.25) is 0 Å². The first kappa shape index (κ1) is 7.88. The molecule has 0 heterocycles. The Bertz CT molecular complexity index is 50.4. The van der Waals surface area contributed by atoms with Crippen molar-refractivity contribution in [1.29, 1.82) is 0 Å². The second kappa shape index (κ2) is 3.83. The Hall–Kier alpha value is -0.120. The van der Waals surface area contributed by atoms with Crippen LogP contribution >= 0.6 is 0 Å². The molecule has 8 heavy (non-hydrogen) atoms. The van der Waals surface area contributed by atoms with E-state index in [1.165, 1.54) is 0 Å². The van der Waals surface area contributed by atoms with Gasteiger partial charge in [-0.3, -0.25) is 0 Å². The molecular weight excluding hydrogens is 106 g/mol. The smallest absolute Gasteiger partial charge is 0.0710 e. The second-order valence-corrected chi connectivity index (χ2v) is 1.82. The molecule has 0 amide bonds. The van der Waals surface area contributed by atoms with Gasteiger partial charge < -0.3 is 15.9 Å². The molecule has 3 heteroatoms. The van der Waals surface area contributed by atoms with Crippen molar-refractivity contribution in [2.75, 3.05) is 6.61 Å². The van der Waals surface area contributed by atoms with Crippen LogP contribution in [0.25, 0.3) is 0 Å². The third-order valence-corrected chi connectivity index (χ3v) is 1.12. The van der Waals surface area contributed by atoms with Crippen LogP contribution in [-0.4, -0.2) is 29.0 Å². The molecule has 1 unspecified atom stereocenters. The van der Waals surface area contributed by atoms with Crippen LogP contribution in [0.2, 0.25) is 0 Å². The lowest BCUT2D eigenvalue weighted by atomic mass is 10.1. The molecule has 0 aromatic carbocycles. The minimum absolute atomic E-state index is 0.144. The largest absolute Gasteiger partial charge is 0.395 e. The zero-order valence-electron chi connectivity index (χ0n) is 5.04. The molecule has 0 radical (unpaired) electrons.